The maximum absolute atomic E-state index is 14.0. The van der Waals surface area contributed by atoms with Crippen LogP contribution in [0.2, 0.25) is 0 Å². The molecule has 2 amide bonds. The van der Waals surface area contributed by atoms with Gasteiger partial charge in [0.1, 0.15) is 5.75 Å². The Kier molecular flexibility index (Phi) is 12.7. The Labute approximate surface area is 248 Å². The number of aliphatic hydroxyl groups is 1. The van der Waals surface area contributed by atoms with Gasteiger partial charge in [-0.25, -0.2) is 0 Å². The molecule has 2 atom stereocenters. The van der Waals surface area contributed by atoms with Crippen LogP contribution in [0, 0.1) is 6.92 Å². The summed E-state index contributed by atoms with van der Waals surface area (Å²) in [7, 11) is 1.60. The highest BCUT2D eigenvalue weighted by Crippen LogP contribution is 2.21. The van der Waals surface area contributed by atoms with Crippen LogP contribution in [-0.4, -0.2) is 71.4 Å². The van der Waals surface area contributed by atoms with Gasteiger partial charge in [0.05, 0.1) is 13.2 Å². The van der Waals surface area contributed by atoms with Gasteiger partial charge in [-0.3, -0.25) is 9.59 Å². The van der Waals surface area contributed by atoms with Gasteiger partial charge in [-0.05, 0) is 73.4 Å². The number of carbonyl (C=O) groups excluding carboxylic acids is 2. The van der Waals surface area contributed by atoms with Crippen LogP contribution >= 0.6 is 11.8 Å². The average molecular weight is 578 g/mol. The Morgan fingerprint density at radius 2 is 1.54 bits per heavy atom. The van der Waals surface area contributed by atoms with Crippen molar-refractivity contribution in [1.29, 1.82) is 0 Å². The molecule has 0 heterocycles. The van der Waals surface area contributed by atoms with E-state index >= 15 is 0 Å². The number of nitrogens with zero attached hydrogens (tertiary/aromatic N) is 2. The van der Waals surface area contributed by atoms with E-state index in [1.165, 1.54) is 0 Å². The van der Waals surface area contributed by atoms with Crippen LogP contribution < -0.4 is 10.5 Å². The van der Waals surface area contributed by atoms with Gasteiger partial charge in [0.2, 0.25) is 0 Å². The van der Waals surface area contributed by atoms with Crippen LogP contribution in [-0.2, 0) is 6.54 Å². The van der Waals surface area contributed by atoms with Crippen LogP contribution in [0.5, 0.6) is 5.75 Å². The third-order valence-corrected chi connectivity index (χ3v) is 7.88. The average Bonchev–Trinajstić information content (AvgIpc) is 2.98. The van der Waals surface area contributed by atoms with Crippen molar-refractivity contribution in [2.24, 2.45) is 5.73 Å². The number of carbonyl (C=O) groups is 2. The molecule has 0 unspecified atom stereocenters. The van der Waals surface area contributed by atoms with Gasteiger partial charge < -0.3 is 25.4 Å². The van der Waals surface area contributed by atoms with Crippen LogP contribution in [0.15, 0.2) is 77.7 Å². The lowest BCUT2D eigenvalue weighted by atomic mass is 10.0. The molecule has 220 valence electrons. The Balaban J connectivity index is 1.86. The predicted molar refractivity (Wildman–Crippen MR) is 167 cm³/mol. The molecule has 0 spiro atoms. The number of hydrogen-bond acceptors (Lipinski definition) is 6. The summed E-state index contributed by atoms with van der Waals surface area (Å²) in [4.78, 5) is 31.9. The Morgan fingerprint density at radius 1 is 0.902 bits per heavy atom. The van der Waals surface area contributed by atoms with Crippen molar-refractivity contribution in [1.82, 2.24) is 9.80 Å². The predicted octanol–water partition coefficient (Wildman–Crippen LogP) is 5.39. The number of nitrogens with two attached hydrogens (primary N) is 1. The van der Waals surface area contributed by atoms with Crippen molar-refractivity contribution in [3.8, 4) is 5.75 Å². The zero-order valence-corrected chi connectivity index (χ0v) is 25.4. The van der Waals surface area contributed by atoms with Gasteiger partial charge in [0.25, 0.3) is 11.8 Å². The van der Waals surface area contributed by atoms with E-state index in [2.05, 4.69) is 0 Å². The number of aryl methyl sites for hydroxylation is 1. The van der Waals surface area contributed by atoms with E-state index < -0.39 is 12.1 Å². The molecule has 8 heteroatoms. The Bertz CT molecular complexity index is 1260. The molecule has 7 nitrogen and oxygen atoms in total. The topological polar surface area (TPSA) is 96.1 Å². The molecule has 41 heavy (non-hydrogen) atoms. The van der Waals surface area contributed by atoms with E-state index in [0.717, 1.165) is 28.9 Å². The molecule has 0 aromatic heterocycles. The summed E-state index contributed by atoms with van der Waals surface area (Å²) in [6.45, 7) is 7.60. The van der Waals surface area contributed by atoms with Crippen molar-refractivity contribution in [3.05, 3.63) is 95.1 Å². The number of aliphatic hydroxyl groups excluding tert-OH is 1. The molecule has 0 bridgehead atoms. The third-order valence-electron chi connectivity index (χ3n) is 6.73. The Morgan fingerprint density at radius 3 is 2.15 bits per heavy atom. The number of rotatable bonds is 15. The highest BCUT2D eigenvalue weighted by molar-refractivity contribution is 7.99. The number of hydrogen-bond donors (Lipinski definition) is 2. The van der Waals surface area contributed by atoms with E-state index in [1.54, 1.807) is 35.9 Å². The summed E-state index contributed by atoms with van der Waals surface area (Å²) in [5.41, 5.74) is 8.97. The minimum absolute atomic E-state index is 0.0432. The molecule has 3 rings (SSSR count). The van der Waals surface area contributed by atoms with Crippen LogP contribution in [0.25, 0.3) is 0 Å². The Hall–Kier alpha value is -3.33. The number of benzene rings is 3. The molecule has 3 aromatic rings. The molecule has 0 fully saturated rings. The summed E-state index contributed by atoms with van der Waals surface area (Å²) in [5.74, 6) is 0.831. The molecular formula is C33H43N3O4S. The zero-order chi connectivity index (χ0) is 29.8. The van der Waals surface area contributed by atoms with Crippen molar-refractivity contribution in [2.75, 3.05) is 32.5 Å². The number of thioether (sulfide) groups is 1. The second-order valence-electron chi connectivity index (χ2n) is 10.3. The standard InChI is InChI=1S/C33H43N3O4S/c1-5-15-35(16-6-2)32(38)26-17-24(3)18-27(20-26)33(39)36(21-25-11-10-12-28(19-25)40-4)22-31(37)30(34)23-41-29-13-8-7-9-14-29/h7-14,17-20,30-31,37H,5-6,15-16,21-23,34H2,1-4H3/t30-,31+/m0/s1. The first-order chi connectivity index (χ1) is 19.7. The number of amides is 2. The minimum atomic E-state index is -0.948. The first kappa shape index (κ1) is 32.2. The van der Waals surface area contributed by atoms with E-state index in [9.17, 15) is 14.7 Å². The molecule has 0 saturated carbocycles. The lowest BCUT2D eigenvalue weighted by Crippen LogP contribution is -2.46. The van der Waals surface area contributed by atoms with Gasteiger partial charge >= 0.3 is 0 Å². The molecule has 0 radical (unpaired) electrons. The van der Waals surface area contributed by atoms with Crippen molar-refractivity contribution in [3.63, 3.8) is 0 Å². The monoisotopic (exact) mass is 577 g/mol. The van der Waals surface area contributed by atoms with Crippen LogP contribution in [0.3, 0.4) is 0 Å². The maximum atomic E-state index is 14.0. The SMILES string of the molecule is CCCN(CCC)C(=O)c1cc(C)cc(C(=O)N(Cc2cccc(OC)c2)C[C@@H](O)[C@@H](N)CSc2ccccc2)c1. The molecule has 0 saturated heterocycles. The van der Waals surface area contributed by atoms with Gasteiger partial charge in [-0.1, -0.05) is 44.2 Å². The van der Waals surface area contributed by atoms with Gasteiger partial charge in [0, 0.05) is 54.0 Å². The van der Waals surface area contributed by atoms with Crippen molar-refractivity contribution in [2.45, 2.75) is 57.2 Å². The molecule has 0 aliphatic carbocycles. The summed E-state index contributed by atoms with van der Waals surface area (Å²) in [5, 5.41) is 11.1. The largest absolute Gasteiger partial charge is 0.497 e. The smallest absolute Gasteiger partial charge is 0.254 e. The fraction of sp³-hybridized carbons (Fsp3) is 0.394. The summed E-state index contributed by atoms with van der Waals surface area (Å²) in [6.07, 6.45) is 0.771. The van der Waals surface area contributed by atoms with Crippen LogP contribution in [0.1, 0.15) is 58.5 Å². The lowest BCUT2D eigenvalue weighted by Gasteiger charge is -2.29. The fourth-order valence-corrected chi connectivity index (χ4v) is 5.60. The molecule has 3 aromatic carbocycles. The molecule has 3 N–H and O–H groups in total. The van der Waals surface area contributed by atoms with Gasteiger partial charge in [-0.2, -0.15) is 0 Å². The van der Waals surface area contributed by atoms with Gasteiger partial charge in [-0.15, -0.1) is 11.8 Å². The van der Waals surface area contributed by atoms with E-state index in [-0.39, 0.29) is 24.9 Å². The van der Waals surface area contributed by atoms with Crippen LogP contribution in [0.4, 0.5) is 0 Å². The first-order valence-electron chi connectivity index (χ1n) is 14.2. The zero-order valence-electron chi connectivity index (χ0n) is 24.6. The highest BCUT2D eigenvalue weighted by Gasteiger charge is 2.25. The summed E-state index contributed by atoms with van der Waals surface area (Å²) < 4.78 is 5.38. The second-order valence-corrected chi connectivity index (χ2v) is 11.4. The molecule has 0 aliphatic rings. The number of ether oxygens (including phenoxy) is 1. The number of methoxy groups -OCH3 is 1. The summed E-state index contributed by atoms with van der Waals surface area (Å²) >= 11 is 1.57. The van der Waals surface area contributed by atoms with Gasteiger partial charge in [0.15, 0.2) is 0 Å². The van der Waals surface area contributed by atoms with E-state index in [1.807, 2.05) is 86.3 Å². The highest BCUT2D eigenvalue weighted by atomic mass is 32.2. The van der Waals surface area contributed by atoms with Crippen molar-refractivity contribution >= 4 is 23.6 Å². The van der Waals surface area contributed by atoms with Crippen molar-refractivity contribution < 1.29 is 19.4 Å². The van der Waals surface area contributed by atoms with E-state index in [0.29, 0.717) is 35.7 Å². The maximum Gasteiger partial charge on any atom is 0.254 e. The quantitative estimate of drug-likeness (QED) is 0.235. The summed E-state index contributed by atoms with van der Waals surface area (Å²) in [6, 6.07) is 22.1. The molecule has 0 aliphatic heterocycles. The first-order valence-corrected chi connectivity index (χ1v) is 15.2. The minimum Gasteiger partial charge on any atom is -0.497 e. The van der Waals surface area contributed by atoms with E-state index in [4.69, 9.17) is 10.5 Å². The normalized spacial score (nSPS) is 12.4. The lowest BCUT2D eigenvalue weighted by molar-refractivity contribution is 0.0570. The fourth-order valence-electron chi connectivity index (χ4n) is 4.64. The molecular weight excluding hydrogens is 534 g/mol. The second kappa shape index (κ2) is 16.2. The third kappa shape index (κ3) is 9.63.